The van der Waals surface area contributed by atoms with Crippen LogP contribution in [0.5, 0.6) is 0 Å². The van der Waals surface area contributed by atoms with Crippen LogP contribution < -0.4 is 4.90 Å². The normalized spacial score (nSPS) is 20.9. The Morgan fingerprint density at radius 2 is 1.71 bits per heavy atom. The fourth-order valence-corrected chi connectivity index (χ4v) is 1.66. The Hall–Kier alpha value is -1.16. The molecule has 1 fully saturated rings. The van der Waals surface area contributed by atoms with Gasteiger partial charge in [-0.15, -0.1) is 0 Å². The van der Waals surface area contributed by atoms with Crippen molar-refractivity contribution in [3.8, 4) is 0 Å². The highest BCUT2D eigenvalue weighted by Crippen LogP contribution is 2.11. The van der Waals surface area contributed by atoms with Gasteiger partial charge in [-0.1, -0.05) is 0 Å². The van der Waals surface area contributed by atoms with Crippen LogP contribution >= 0.6 is 0 Å². The van der Waals surface area contributed by atoms with E-state index in [1.54, 1.807) is 12.4 Å². The van der Waals surface area contributed by atoms with E-state index in [1.165, 1.54) is 0 Å². The highest BCUT2D eigenvalue weighted by molar-refractivity contribution is 5.28. The first-order chi connectivity index (χ1) is 6.67. The third-order valence-corrected chi connectivity index (χ3v) is 2.79. The lowest BCUT2D eigenvalue weighted by Gasteiger charge is -2.38. The summed E-state index contributed by atoms with van der Waals surface area (Å²) in [6.07, 6.45) is 3.61. The molecule has 0 bridgehead atoms. The molecule has 4 nitrogen and oxygen atoms in total. The maximum Gasteiger partial charge on any atom is 0.225 e. The fraction of sp³-hybridized carbons (Fsp3) is 0.600. The summed E-state index contributed by atoms with van der Waals surface area (Å²) in [7, 11) is 4.53. The predicted molar refractivity (Wildman–Crippen MR) is 56.1 cm³/mol. The zero-order valence-corrected chi connectivity index (χ0v) is 8.85. The summed E-state index contributed by atoms with van der Waals surface area (Å²) in [4.78, 5) is 10.8. The molecule has 1 aliphatic rings. The summed E-state index contributed by atoms with van der Waals surface area (Å²) in [5, 5.41) is 0. The van der Waals surface area contributed by atoms with E-state index in [-0.39, 0.29) is 0 Å². The molecule has 1 aromatic rings. The summed E-state index contributed by atoms with van der Waals surface area (Å²) in [5.74, 6) is 0.868. The van der Waals surface area contributed by atoms with E-state index in [4.69, 9.17) is 0 Å². The molecule has 1 saturated heterocycles. The van der Waals surface area contributed by atoms with E-state index < -0.39 is 0 Å². The molecule has 4 heteroatoms. The van der Waals surface area contributed by atoms with Crippen molar-refractivity contribution in [1.82, 2.24) is 9.97 Å². The molecule has 76 valence electrons. The average molecular weight is 193 g/mol. The monoisotopic (exact) mass is 193 g/mol. The van der Waals surface area contributed by atoms with Crippen LogP contribution in [0.25, 0.3) is 0 Å². The van der Waals surface area contributed by atoms with Crippen molar-refractivity contribution >= 4 is 5.95 Å². The van der Waals surface area contributed by atoms with Crippen LogP contribution in [0, 0.1) is 0 Å². The Bertz CT molecular complexity index is 286. The zero-order valence-electron chi connectivity index (χ0n) is 8.85. The maximum absolute atomic E-state index is 4.26. The molecule has 1 aliphatic heterocycles. The van der Waals surface area contributed by atoms with Gasteiger partial charge >= 0.3 is 0 Å². The summed E-state index contributed by atoms with van der Waals surface area (Å²) in [5.41, 5.74) is 0. The smallest absolute Gasteiger partial charge is 0.225 e. The van der Waals surface area contributed by atoms with Crippen molar-refractivity contribution < 1.29 is 4.48 Å². The van der Waals surface area contributed by atoms with Crippen LogP contribution in [-0.4, -0.2) is 54.7 Å². The maximum atomic E-state index is 4.26. The molecule has 0 radical (unpaired) electrons. The van der Waals surface area contributed by atoms with E-state index in [2.05, 4.69) is 29.0 Å². The van der Waals surface area contributed by atoms with E-state index in [0.29, 0.717) is 0 Å². The number of aromatic nitrogens is 2. The van der Waals surface area contributed by atoms with Crippen molar-refractivity contribution in [2.24, 2.45) is 0 Å². The van der Waals surface area contributed by atoms with Gasteiger partial charge in [0.05, 0.1) is 40.3 Å². The summed E-state index contributed by atoms with van der Waals surface area (Å²) in [6, 6.07) is 1.85. The standard InChI is InChI=1S/C10H17N4/c1-14(2)8-6-13(7-9-14)10-11-4-3-5-12-10/h3-5H,6-9H2,1-2H3/q+1. The van der Waals surface area contributed by atoms with E-state index >= 15 is 0 Å². The number of nitrogens with zero attached hydrogens (tertiary/aromatic N) is 4. The van der Waals surface area contributed by atoms with E-state index in [9.17, 15) is 0 Å². The third-order valence-electron chi connectivity index (χ3n) is 2.79. The van der Waals surface area contributed by atoms with Crippen molar-refractivity contribution in [3.05, 3.63) is 18.5 Å². The van der Waals surface area contributed by atoms with E-state index in [0.717, 1.165) is 36.6 Å². The van der Waals surface area contributed by atoms with Gasteiger partial charge in [0, 0.05) is 12.4 Å². The molecule has 0 unspecified atom stereocenters. The molecular formula is C10H17N4+. The van der Waals surface area contributed by atoms with Crippen LogP contribution in [-0.2, 0) is 0 Å². The lowest BCUT2D eigenvalue weighted by Crippen LogP contribution is -2.55. The molecule has 0 aliphatic carbocycles. The number of likely N-dealkylation sites (N-methyl/N-ethyl adjacent to an activating group) is 1. The van der Waals surface area contributed by atoms with Gasteiger partial charge in [-0.3, -0.25) is 0 Å². The SMILES string of the molecule is C[N+]1(C)CCN(c2ncccn2)CC1. The number of hydrogen-bond donors (Lipinski definition) is 0. The van der Waals surface area contributed by atoms with Gasteiger partial charge < -0.3 is 9.38 Å². The summed E-state index contributed by atoms with van der Waals surface area (Å²) in [6.45, 7) is 4.44. The lowest BCUT2D eigenvalue weighted by molar-refractivity contribution is -0.890. The topological polar surface area (TPSA) is 29.0 Å². The minimum Gasteiger partial charge on any atom is -0.330 e. The lowest BCUT2D eigenvalue weighted by atomic mass is 10.3. The minimum absolute atomic E-state index is 0.868. The summed E-state index contributed by atoms with van der Waals surface area (Å²) >= 11 is 0. The number of anilines is 1. The highest BCUT2D eigenvalue weighted by Gasteiger charge is 2.25. The first-order valence-electron chi connectivity index (χ1n) is 5.01. The molecule has 0 amide bonds. The minimum atomic E-state index is 0.868. The molecule has 0 aromatic carbocycles. The molecule has 0 saturated carbocycles. The molecule has 0 spiro atoms. The second kappa shape index (κ2) is 3.53. The van der Waals surface area contributed by atoms with Gasteiger partial charge in [-0.2, -0.15) is 0 Å². The molecule has 0 atom stereocenters. The van der Waals surface area contributed by atoms with Crippen LogP contribution in [0.2, 0.25) is 0 Å². The highest BCUT2D eigenvalue weighted by atomic mass is 15.4. The first kappa shape index (κ1) is 9.40. The second-order valence-corrected chi connectivity index (χ2v) is 4.42. The molecular weight excluding hydrogens is 176 g/mol. The van der Waals surface area contributed by atoms with Gasteiger partial charge in [0.1, 0.15) is 0 Å². The van der Waals surface area contributed by atoms with Crippen LogP contribution in [0.3, 0.4) is 0 Å². The van der Waals surface area contributed by atoms with Crippen LogP contribution in [0.1, 0.15) is 0 Å². The van der Waals surface area contributed by atoms with E-state index in [1.807, 2.05) is 6.07 Å². The van der Waals surface area contributed by atoms with Crippen molar-refractivity contribution in [1.29, 1.82) is 0 Å². The molecule has 0 N–H and O–H groups in total. The van der Waals surface area contributed by atoms with Crippen LogP contribution in [0.4, 0.5) is 5.95 Å². The van der Waals surface area contributed by atoms with Crippen molar-refractivity contribution in [2.75, 3.05) is 45.2 Å². The van der Waals surface area contributed by atoms with Gasteiger partial charge in [0.2, 0.25) is 5.95 Å². The Morgan fingerprint density at radius 3 is 2.29 bits per heavy atom. The summed E-state index contributed by atoms with van der Waals surface area (Å²) < 4.78 is 1.10. The van der Waals surface area contributed by atoms with Gasteiger partial charge in [0.25, 0.3) is 0 Å². The van der Waals surface area contributed by atoms with Gasteiger partial charge in [-0.05, 0) is 6.07 Å². The molecule has 1 aromatic heterocycles. The van der Waals surface area contributed by atoms with Gasteiger partial charge in [-0.25, -0.2) is 9.97 Å². The fourth-order valence-electron chi connectivity index (χ4n) is 1.66. The predicted octanol–water partition coefficient (Wildman–Crippen LogP) is 0.373. The third kappa shape index (κ3) is 2.01. The number of hydrogen-bond acceptors (Lipinski definition) is 3. The van der Waals surface area contributed by atoms with Gasteiger partial charge in [0.15, 0.2) is 0 Å². The zero-order chi connectivity index (χ0) is 10.0. The Balaban J connectivity index is 2.03. The first-order valence-corrected chi connectivity index (χ1v) is 5.01. The molecule has 14 heavy (non-hydrogen) atoms. The number of piperazine rings is 1. The Kier molecular flexibility index (Phi) is 2.37. The molecule has 2 rings (SSSR count). The Labute approximate surface area is 84.8 Å². The molecule has 2 heterocycles. The second-order valence-electron chi connectivity index (χ2n) is 4.42. The van der Waals surface area contributed by atoms with Crippen molar-refractivity contribution in [2.45, 2.75) is 0 Å². The largest absolute Gasteiger partial charge is 0.330 e. The quantitative estimate of drug-likeness (QED) is 0.604. The number of rotatable bonds is 1. The van der Waals surface area contributed by atoms with Crippen molar-refractivity contribution in [3.63, 3.8) is 0 Å². The van der Waals surface area contributed by atoms with Crippen LogP contribution in [0.15, 0.2) is 18.5 Å². The number of quaternary nitrogens is 1. The Morgan fingerprint density at radius 1 is 1.14 bits per heavy atom. The average Bonchev–Trinajstić information content (AvgIpc) is 2.19.